The van der Waals surface area contributed by atoms with Crippen molar-refractivity contribution in [1.29, 1.82) is 0 Å². The number of amides is 1. The monoisotopic (exact) mass is 422 g/mol. The summed E-state index contributed by atoms with van der Waals surface area (Å²) in [4.78, 5) is 12.5. The van der Waals surface area contributed by atoms with Crippen molar-refractivity contribution < 1.29 is 26.4 Å². The molecule has 152 valence electrons. The van der Waals surface area contributed by atoms with Gasteiger partial charge in [-0.15, -0.1) is 0 Å². The molecule has 1 saturated heterocycles. The standard InChI is InChI=1S/C22H27ClN2O2.ClH/c1-16-4-7-18(23)14-21(16)22(26)24-19-8-5-17(6-9-19)15-25(2,3)20-10-12-27-13-11-20;/h4-9,14,20H,10-13,15H2,1-3H3;1H. The predicted molar refractivity (Wildman–Crippen MR) is 110 cm³/mol. The van der Waals surface area contributed by atoms with Crippen LogP contribution < -0.4 is 17.7 Å². The van der Waals surface area contributed by atoms with E-state index in [9.17, 15) is 4.79 Å². The number of quaternary nitrogens is 1. The smallest absolute Gasteiger partial charge is 0.255 e. The molecule has 1 aliphatic heterocycles. The van der Waals surface area contributed by atoms with E-state index < -0.39 is 0 Å². The average Bonchev–Trinajstić information content (AvgIpc) is 2.66. The Balaban J connectivity index is 0.00000280. The predicted octanol–water partition coefficient (Wildman–Crippen LogP) is 1.66. The Labute approximate surface area is 178 Å². The first kappa shape index (κ1) is 22.7. The summed E-state index contributed by atoms with van der Waals surface area (Å²) in [5, 5.41) is 3.52. The Morgan fingerprint density at radius 1 is 1.14 bits per heavy atom. The molecule has 1 aliphatic rings. The van der Waals surface area contributed by atoms with E-state index in [2.05, 4.69) is 31.5 Å². The van der Waals surface area contributed by atoms with E-state index in [0.717, 1.165) is 48.3 Å². The van der Waals surface area contributed by atoms with Crippen LogP contribution in [0.25, 0.3) is 0 Å². The summed E-state index contributed by atoms with van der Waals surface area (Å²) in [5.74, 6) is -0.138. The minimum atomic E-state index is -0.138. The number of aryl methyl sites for hydroxylation is 1. The molecule has 0 aromatic heterocycles. The molecule has 0 aliphatic carbocycles. The van der Waals surface area contributed by atoms with Crippen molar-refractivity contribution in [3.63, 3.8) is 0 Å². The number of nitrogens with zero attached hydrogens (tertiary/aromatic N) is 1. The summed E-state index contributed by atoms with van der Waals surface area (Å²) < 4.78 is 6.45. The maximum Gasteiger partial charge on any atom is 0.255 e. The van der Waals surface area contributed by atoms with E-state index in [1.165, 1.54) is 5.56 Å². The van der Waals surface area contributed by atoms with Crippen molar-refractivity contribution in [2.45, 2.75) is 32.4 Å². The van der Waals surface area contributed by atoms with Gasteiger partial charge in [0, 0.05) is 34.7 Å². The van der Waals surface area contributed by atoms with Crippen LogP contribution in [0.3, 0.4) is 0 Å². The van der Waals surface area contributed by atoms with Crippen LogP contribution in [0.2, 0.25) is 5.02 Å². The van der Waals surface area contributed by atoms with Crippen molar-refractivity contribution in [2.75, 3.05) is 32.6 Å². The number of anilines is 1. The number of hydrogen-bond acceptors (Lipinski definition) is 2. The molecule has 6 heteroatoms. The lowest BCUT2D eigenvalue weighted by molar-refractivity contribution is -0.929. The van der Waals surface area contributed by atoms with Crippen molar-refractivity contribution in [2.24, 2.45) is 0 Å². The van der Waals surface area contributed by atoms with Crippen LogP contribution in [0.1, 0.15) is 34.3 Å². The number of nitrogens with one attached hydrogen (secondary N) is 1. The maximum atomic E-state index is 12.5. The quantitative estimate of drug-likeness (QED) is 0.744. The minimum absolute atomic E-state index is 0. The van der Waals surface area contributed by atoms with E-state index in [1.54, 1.807) is 12.1 Å². The zero-order valence-electron chi connectivity index (χ0n) is 16.7. The highest BCUT2D eigenvalue weighted by Gasteiger charge is 2.30. The molecule has 2 aromatic rings. The fraction of sp³-hybridized carbons (Fsp3) is 0.409. The number of ether oxygens (including phenoxy) is 1. The molecule has 0 bridgehead atoms. The van der Waals surface area contributed by atoms with Crippen LogP contribution in [-0.2, 0) is 11.3 Å². The summed E-state index contributed by atoms with van der Waals surface area (Å²) in [5.41, 5.74) is 3.57. The van der Waals surface area contributed by atoms with E-state index in [4.69, 9.17) is 16.3 Å². The largest absolute Gasteiger partial charge is 1.00 e. The van der Waals surface area contributed by atoms with Crippen LogP contribution in [0.15, 0.2) is 42.5 Å². The summed E-state index contributed by atoms with van der Waals surface area (Å²) in [6.45, 7) is 4.59. The van der Waals surface area contributed by atoms with Gasteiger partial charge in [-0.1, -0.05) is 29.8 Å². The molecule has 0 spiro atoms. The van der Waals surface area contributed by atoms with Gasteiger partial charge < -0.3 is 26.9 Å². The fourth-order valence-electron chi connectivity index (χ4n) is 3.71. The normalized spacial score (nSPS) is 15.0. The molecular formula is C22H28Cl2N2O2. The molecule has 3 rings (SSSR count). The van der Waals surface area contributed by atoms with Gasteiger partial charge in [-0.25, -0.2) is 0 Å². The highest BCUT2D eigenvalue weighted by atomic mass is 35.5. The third-order valence-corrected chi connectivity index (χ3v) is 5.66. The molecule has 0 radical (unpaired) electrons. The van der Waals surface area contributed by atoms with Crippen LogP contribution in [-0.4, -0.2) is 43.7 Å². The SMILES string of the molecule is Cc1ccc(Cl)cc1C(=O)Nc1ccc(C[N+](C)(C)C2CCOCC2)cc1.[Cl-]. The third-order valence-electron chi connectivity index (χ3n) is 5.43. The summed E-state index contributed by atoms with van der Waals surface area (Å²) in [6.07, 6.45) is 2.22. The molecule has 0 atom stereocenters. The van der Waals surface area contributed by atoms with Crippen molar-refractivity contribution in [3.05, 3.63) is 64.2 Å². The lowest BCUT2D eigenvalue weighted by atomic mass is 10.0. The van der Waals surface area contributed by atoms with Gasteiger partial charge in [-0.05, 0) is 36.8 Å². The molecule has 28 heavy (non-hydrogen) atoms. The van der Waals surface area contributed by atoms with Gasteiger partial charge in [0.25, 0.3) is 5.91 Å². The highest BCUT2D eigenvalue weighted by molar-refractivity contribution is 6.31. The van der Waals surface area contributed by atoms with Crippen molar-refractivity contribution >= 4 is 23.2 Å². The minimum Gasteiger partial charge on any atom is -1.00 e. The van der Waals surface area contributed by atoms with Crippen molar-refractivity contribution in [3.8, 4) is 0 Å². The van der Waals surface area contributed by atoms with E-state index in [-0.39, 0.29) is 18.3 Å². The van der Waals surface area contributed by atoms with Crippen molar-refractivity contribution in [1.82, 2.24) is 0 Å². The van der Waals surface area contributed by atoms with Crippen LogP contribution in [0.5, 0.6) is 0 Å². The molecule has 0 unspecified atom stereocenters. The summed E-state index contributed by atoms with van der Waals surface area (Å²) >= 11 is 6.02. The first-order valence-corrected chi connectivity index (χ1v) is 9.80. The lowest BCUT2D eigenvalue weighted by Gasteiger charge is -2.40. The lowest BCUT2D eigenvalue weighted by Crippen LogP contribution is -3.00. The first-order chi connectivity index (χ1) is 12.8. The second kappa shape index (κ2) is 9.75. The summed E-state index contributed by atoms with van der Waals surface area (Å²) in [6, 6.07) is 14.1. The van der Waals surface area contributed by atoms with E-state index >= 15 is 0 Å². The molecule has 0 saturated carbocycles. The number of carbonyl (C=O) groups excluding carboxylic acids is 1. The number of halogens is 2. The zero-order valence-corrected chi connectivity index (χ0v) is 18.2. The molecule has 1 heterocycles. The third kappa shape index (κ3) is 5.71. The maximum absolute atomic E-state index is 12.5. The molecule has 1 N–H and O–H groups in total. The topological polar surface area (TPSA) is 38.3 Å². The van der Waals surface area contributed by atoms with Gasteiger partial charge in [0.1, 0.15) is 6.54 Å². The van der Waals surface area contributed by atoms with E-state index in [1.807, 2.05) is 25.1 Å². The molecule has 1 fully saturated rings. The Bertz CT molecular complexity index is 801. The molecule has 1 amide bonds. The van der Waals surface area contributed by atoms with Gasteiger partial charge in [0.2, 0.25) is 0 Å². The molecule has 4 nitrogen and oxygen atoms in total. The Morgan fingerprint density at radius 2 is 1.79 bits per heavy atom. The van der Waals surface area contributed by atoms with E-state index in [0.29, 0.717) is 16.6 Å². The second-order valence-electron chi connectivity index (χ2n) is 7.89. The van der Waals surface area contributed by atoms with Gasteiger partial charge in [0.05, 0.1) is 33.4 Å². The van der Waals surface area contributed by atoms with Gasteiger partial charge in [-0.3, -0.25) is 4.79 Å². The average molecular weight is 423 g/mol. The Hall–Kier alpha value is -1.59. The second-order valence-corrected chi connectivity index (χ2v) is 8.33. The number of benzene rings is 2. The number of hydrogen-bond donors (Lipinski definition) is 1. The molecular weight excluding hydrogens is 395 g/mol. The highest BCUT2D eigenvalue weighted by Crippen LogP contribution is 2.23. The van der Waals surface area contributed by atoms with Crippen LogP contribution in [0, 0.1) is 6.92 Å². The Kier molecular flexibility index (Phi) is 7.90. The van der Waals surface area contributed by atoms with Gasteiger partial charge in [-0.2, -0.15) is 0 Å². The van der Waals surface area contributed by atoms with Crippen LogP contribution in [0.4, 0.5) is 5.69 Å². The first-order valence-electron chi connectivity index (χ1n) is 9.42. The van der Waals surface area contributed by atoms with Crippen LogP contribution >= 0.6 is 11.6 Å². The fourth-order valence-corrected chi connectivity index (χ4v) is 3.89. The number of carbonyl (C=O) groups is 1. The number of rotatable bonds is 5. The summed E-state index contributed by atoms with van der Waals surface area (Å²) in [7, 11) is 4.57. The van der Waals surface area contributed by atoms with Gasteiger partial charge in [0.15, 0.2) is 0 Å². The Morgan fingerprint density at radius 3 is 2.43 bits per heavy atom. The zero-order chi connectivity index (χ0) is 19.4. The molecule has 2 aromatic carbocycles. The van der Waals surface area contributed by atoms with Gasteiger partial charge >= 0.3 is 0 Å².